The van der Waals surface area contributed by atoms with Crippen LogP contribution in [0.25, 0.3) is 0 Å². The molecule has 2 aliphatic heterocycles. The second-order valence-electron chi connectivity index (χ2n) is 3.56. The molecule has 6 heteroatoms. The normalized spacial score (nSPS) is 28.5. The Hall–Kier alpha value is -0.850. The van der Waals surface area contributed by atoms with Crippen molar-refractivity contribution in [1.82, 2.24) is 15.3 Å². The number of aliphatic hydroxyl groups is 1. The van der Waals surface area contributed by atoms with Gasteiger partial charge in [0.1, 0.15) is 0 Å². The van der Waals surface area contributed by atoms with Crippen molar-refractivity contribution in [3.05, 3.63) is 0 Å². The molecule has 0 aromatic rings. The van der Waals surface area contributed by atoms with E-state index in [4.69, 9.17) is 4.84 Å². The first-order valence-electron chi connectivity index (χ1n) is 4.84. The van der Waals surface area contributed by atoms with Gasteiger partial charge >= 0.3 is 6.03 Å². The summed E-state index contributed by atoms with van der Waals surface area (Å²) in [5.41, 5.74) is 0. The highest BCUT2D eigenvalue weighted by Gasteiger charge is 2.24. The lowest BCUT2D eigenvalue weighted by Gasteiger charge is -2.18. The minimum Gasteiger partial charge on any atom is -0.389 e. The molecular formula is C8H15N3O3. The number of nitrogens with one attached hydrogen (secondary N) is 1. The molecule has 1 unspecified atom stereocenters. The lowest BCUT2D eigenvalue weighted by Crippen LogP contribution is -2.36. The highest BCUT2D eigenvalue weighted by Crippen LogP contribution is 2.05. The van der Waals surface area contributed by atoms with Crippen molar-refractivity contribution in [3.8, 4) is 0 Å². The summed E-state index contributed by atoms with van der Waals surface area (Å²) >= 11 is 0. The zero-order valence-electron chi connectivity index (χ0n) is 7.98. The fourth-order valence-electron chi connectivity index (χ4n) is 1.64. The first kappa shape index (κ1) is 9.70. The van der Waals surface area contributed by atoms with E-state index < -0.39 is 0 Å². The number of β-amino-alcohol motifs (C(OH)–C–C–N with tert-alkyl or cyclic N) is 1. The maximum atomic E-state index is 11.1. The summed E-state index contributed by atoms with van der Waals surface area (Å²) in [6, 6.07) is -0.00949. The average Bonchev–Trinajstić information content (AvgIpc) is 2.72. The molecule has 0 spiro atoms. The quantitative estimate of drug-likeness (QED) is 0.590. The predicted octanol–water partition coefficient (Wildman–Crippen LogP) is -1.38. The molecule has 1 atom stereocenters. The molecular weight excluding hydrogens is 186 g/mol. The van der Waals surface area contributed by atoms with Gasteiger partial charge in [0.25, 0.3) is 0 Å². The van der Waals surface area contributed by atoms with Crippen LogP contribution in [0.15, 0.2) is 0 Å². The molecule has 0 saturated carbocycles. The Balaban J connectivity index is 1.69. The molecule has 0 radical (unpaired) electrons. The Kier molecular flexibility index (Phi) is 2.85. The van der Waals surface area contributed by atoms with Crippen LogP contribution in [0.3, 0.4) is 0 Å². The van der Waals surface area contributed by atoms with Crippen molar-refractivity contribution in [2.75, 3.05) is 39.3 Å². The van der Waals surface area contributed by atoms with E-state index in [0.717, 1.165) is 13.1 Å². The third-order valence-electron chi connectivity index (χ3n) is 2.43. The maximum absolute atomic E-state index is 11.1. The molecule has 6 nitrogen and oxygen atoms in total. The molecule has 0 bridgehead atoms. The Bertz CT molecular complexity index is 224. The second kappa shape index (κ2) is 4.12. The lowest BCUT2D eigenvalue weighted by molar-refractivity contribution is -0.111. The molecule has 0 aromatic heterocycles. The SMILES string of the molecule is O=C1NCCN1CCN1CC(O)CO1. The molecule has 2 aliphatic rings. The summed E-state index contributed by atoms with van der Waals surface area (Å²) in [7, 11) is 0. The molecule has 0 aromatic carbocycles. The second-order valence-corrected chi connectivity index (χ2v) is 3.56. The van der Waals surface area contributed by atoms with E-state index >= 15 is 0 Å². The summed E-state index contributed by atoms with van der Waals surface area (Å²) in [4.78, 5) is 18.1. The van der Waals surface area contributed by atoms with Crippen LogP contribution in [-0.2, 0) is 4.84 Å². The van der Waals surface area contributed by atoms with E-state index in [1.807, 2.05) is 0 Å². The monoisotopic (exact) mass is 201 g/mol. The first-order valence-corrected chi connectivity index (χ1v) is 4.84. The summed E-state index contributed by atoms with van der Waals surface area (Å²) in [5.74, 6) is 0. The zero-order chi connectivity index (χ0) is 9.97. The van der Waals surface area contributed by atoms with Crippen molar-refractivity contribution in [2.24, 2.45) is 0 Å². The Morgan fingerprint density at radius 1 is 1.57 bits per heavy atom. The molecule has 0 aliphatic carbocycles. The topological polar surface area (TPSA) is 65.0 Å². The Labute approximate surface area is 82.4 Å². The van der Waals surface area contributed by atoms with Crippen molar-refractivity contribution >= 4 is 6.03 Å². The largest absolute Gasteiger partial charge is 0.389 e. The maximum Gasteiger partial charge on any atom is 0.317 e. The Morgan fingerprint density at radius 3 is 3.00 bits per heavy atom. The van der Waals surface area contributed by atoms with Crippen LogP contribution in [0, 0.1) is 0 Å². The minimum atomic E-state index is -0.387. The molecule has 14 heavy (non-hydrogen) atoms. The van der Waals surface area contributed by atoms with Crippen LogP contribution < -0.4 is 5.32 Å². The fourth-order valence-corrected chi connectivity index (χ4v) is 1.64. The van der Waals surface area contributed by atoms with E-state index in [9.17, 15) is 9.90 Å². The van der Waals surface area contributed by atoms with Gasteiger partial charge in [-0.15, -0.1) is 0 Å². The molecule has 2 amide bonds. The van der Waals surface area contributed by atoms with Crippen LogP contribution in [0.2, 0.25) is 0 Å². The fraction of sp³-hybridized carbons (Fsp3) is 0.875. The van der Waals surface area contributed by atoms with Crippen LogP contribution in [0.1, 0.15) is 0 Å². The molecule has 2 saturated heterocycles. The first-order chi connectivity index (χ1) is 6.75. The number of aliphatic hydroxyl groups excluding tert-OH is 1. The molecule has 2 fully saturated rings. The predicted molar refractivity (Wildman–Crippen MR) is 48.5 cm³/mol. The molecule has 2 rings (SSSR count). The van der Waals surface area contributed by atoms with E-state index in [1.165, 1.54) is 0 Å². The number of amides is 2. The summed E-state index contributed by atoms with van der Waals surface area (Å²) in [6.07, 6.45) is -0.387. The van der Waals surface area contributed by atoms with E-state index in [0.29, 0.717) is 26.2 Å². The van der Waals surface area contributed by atoms with Gasteiger partial charge in [0.15, 0.2) is 0 Å². The number of carbonyl (C=O) groups is 1. The highest BCUT2D eigenvalue weighted by molar-refractivity contribution is 5.76. The number of hydrogen-bond donors (Lipinski definition) is 2. The van der Waals surface area contributed by atoms with E-state index in [2.05, 4.69) is 5.32 Å². The van der Waals surface area contributed by atoms with Crippen LogP contribution in [0.5, 0.6) is 0 Å². The third kappa shape index (κ3) is 2.14. The number of nitrogens with zero attached hydrogens (tertiary/aromatic N) is 2. The third-order valence-corrected chi connectivity index (χ3v) is 2.43. The number of hydrogen-bond acceptors (Lipinski definition) is 4. The number of carbonyl (C=O) groups excluding carboxylic acids is 1. The van der Waals surface area contributed by atoms with Gasteiger partial charge < -0.3 is 15.3 Å². The average molecular weight is 201 g/mol. The van der Waals surface area contributed by atoms with Gasteiger partial charge in [-0.2, -0.15) is 5.06 Å². The van der Waals surface area contributed by atoms with Gasteiger partial charge in [-0.1, -0.05) is 0 Å². The summed E-state index contributed by atoms with van der Waals surface area (Å²) in [6.45, 7) is 3.70. The van der Waals surface area contributed by atoms with Gasteiger partial charge in [0, 0.05) is 26.2 Å². The van der Waals surface area contributed by atoms with Crippen molar-refractivity contribution < 1.29 is 14.7 Å². The number of hydroxylamine groups is 2. The van der Waals surface area contributed by atoms with Crippen molar-refractivity contribution in [1.29, 1.82) is 0 Å². The smallest absolute Gasteiger partial charge is 0.317 e. The number of urea groups is 1. The highest BCUT2D eigenvalue weighted by atomic mass is 16.7. The van der Waals surface area contributed by atoms with Crippen LogP contribution in [-0.4, -0.2) is 66.5 Å². The standard InChI is InChI=1S/C8H15N3O3/c12-7-5-11(14-6-7)4-3-10-2-1-9-8(10)13/h7,12H,1-6H2,(H,9,13). The summed E-state index contributed by atoms with van der Waals surface area (Å²) < 4.78 is 0. The Morgan fingerprint density at radius 2 is 2.43 bits per heavy atom. The number of rotatable bonds is 3. The van der Waals surface area contributed by atoms with Gasteiger partial charge in [0.05, 0.1) is 19.3 Å². The molecule has 2 N–H and O–H groups in total. The van der Waals surface area contributed by atoms with Gasteiger partial charge in [-0.25, -0.2) is 4.79 Å². The van der Waals surface area contributed by atoms with Crippen LogP contribution >= 0.6 is 0 Å². The minimum absolute atomic E-state index is 0.00949. The zero-order valence-corrected chi connectivity index (χ0v) is 7.98. The van der Waals surface area contributed by atoms with E-state index in [1.54, 1.807) is 9.96 Å². The summed E-state index contributed by atoms with van der Waals surface area (Å²) in [5, 5.41) is 13.6. The van der Waals surface area contributed by atoms with Crippen molar-refractivity contribution in [2.45, 2.75) is 6.10 Å². The molecule has 80 valence electrons. The lowest BCUT2D eigenvalue weighted by atomic mass is 10.4. The van der Waals surface area contributed by atoms with E-state index in [-0.39, 0.29) is 12.1 Å². The van der Waals surface area contributed by atoms with Crippen molar-refractivity contribution in [3.63, 3.8) is 0 Å². The van der Waals surface area contributed by atoms with Gasteiger partial charge in [0.2, 0.25) is 0 Å². The van der Waals surface area contributed by atoms with Gasteiger partial charge in [-0.3, -0.25) is 4.84 Å². The molecule has 2 heterocycles. The van der Waals surface area contributed by atoms with Gasteiger partial charge in [-0.05, 0) is 0 Å². The van der Waals surface area contributed by atoms with Crippen LogP contribution in [0.4, 0.5) is 4.79 Å².